The summed E-state index contributed by atoms with van der Waals surface area (Å²) in [6.45, 7) is 0.807. The zero-order valence-electron chi connectivity index (χ0n) is 11.6. The van der Waals surface area contributed by atoms with Crippen molar-refractivity contribution in [1.29, 1.82) is 0 Å². The lowest BCUT2D eigenvalue weighted by Crippen LogP contribution is -2.49. The number of carbonyl (C=O) groups is 1. The molecule has 1 saturated heterocycles. The Bertz CT molecular complexity index is 512. The Balaban J connectivity index is 1.83. The fourth-order valence-corrected chi connectivity index (χ4v) is 3.70. The molecule has 2 atom stereocenters. The molecule has 1 heterocycles. The molecule has 3 rings (SSSR count). The molecule has 2 N–H and O–H groups in total. The van der Waals surface area contributed by atoms with Crippen molar-refractivity contribution in [2.45, 2.75) is 44.6 Å². The Morgan fingerprint density at radius 3 is 2.60 bits per heavy atom. The third-order valence-electron chi connectivity index (χ3n) is 4.73. The number of benzene rings is 1. The Labute approximate surface area is 119 Å². The number of phenols is 2. The number of likely N-dealkylation sites (tertiary alicyclic amines) is 1. The fraction of sp³-hybridized carbons (Fsp3) is 0.562. The summed E-state index contributed by atoms with van der Waals surface area (Å²) in [5.41, 5.74) is 0.464. The van der Waals surface area contributed by atoms with E-state index < -0.39 is 0 Å². The molecule has 0 unspecified atom stereocenters. The smallest absolute Gasteiger partial charge is 0.254 e. The monoisotopic (exact) mass is 275 g/mol. The van der Waals surface area contributed by atoms with E-state index in [1.165, 1.54) is 37.8 Å². The van der Waals surface area contributed by atoms with Crippen LogP contribution in [-0.2, 0) is 0 Å². The SMILES string of the molecule is O=C(c1ccc(O)c(O)c1)N1CCC[C@H]2CCCC[C@H]21. The van der Waals surface area contributed by atoms with E-state index in [-0.39, 0.29) is 17.4 Å². The minimum absolute atomic E-state index is 0.0168. The Morgan fingerprint density at radius 1 is 1.05 bits per heavy atom. The van der Waals surface area contributed by atoms with E-state index in [9.17, 15) is 15.0 Å². The molecule has 1 aliphatic carbocycles. The van der Waals surface area contributed by atoms with Crippen LogP contribution in [0.25, 0.3) is 0 Å². The summed E-state index contributed by atoms with van der Waals surface area (Å²) in [5, 5.41) is 18.9. The van der Waals surface area contributed by atoms with Crippen LogP contribution in [0.3, 0.4) is 0 Å². The Kier molecular flexibility index (Phi) is 3.55. The molecule has 2 aliphatic rings. The first-order valence-electron chi connectivity index (χ1n) is 7.50. The topological polar surface area (TPSA) is 60.8 Å². The van der Waals surface area contributed by atoms with Crippen molar-refractivity contribution >= 4 is 5.91 Å². The van der Waals surface area contributed by atoms with Gasteiger partial charge in [0.05, 0.1) is 0 Å². The number of aromatic hydroxyl groups is 2. The predicted octanol–water partition coefficient (Wildman–Crippen LogP) is 2.89. The lowest BCUT2D eigenvalue weighted by molar-refractivity contribution is 0.0390. The molecular formula is C16H21NO3. The van der Waals surface area contributed by atoms with Crippen LogP contribution in [0.2, 0.25) is 0 Å². The summed E-state index contributed by atoms with van der Waals surface area (Å²) in [7, 11) is 0. The van der Waals surface area contributed by atoms with Crippen molar-refractivity contribution in [3.63, 3.8) is 0 Å². The molecule has 108 valence electrons. The van der Waals surface area contributed by atoms with Gasteiger partial charge in [0.25, 0.3) is 5.91 Å². The molecule has 0 bridgehead atoms. The van der Waals surface area contributed by atoms with Gasteiger partial charge < -0.3 is 15.1 Å². The van der Waals surface area contributed by atoms with E-state index in [0.29, 0.717) is 17.5 Å². The average Bonchev–Trinajstić information content (AvgIpc) is 2.49. The molecule has 1 saturated carbocycles. The lowest BCUT2D eigenvalue weighted by Gasteiger charge is -2.44. The first-order chi connectivity index (χ1) is 9.66. The molecule has 2 fully saturated rings. The summed E-state index contributed by atoms with van der Waals surface area (Å²) in [6.07, 6.45) is 7.11. The van der Waals surface area contributed by atoms with Crippen molar-refractivity contribution in [2.75, 3.05) is 6.54 Å². The summed E-state index contributed by atoms with van der Waals surface area (Å²) in [5.74, 6) is 0.216. The normalized spacial score (nSPS) is 26.1. The average molecular weight is 275 g/mol. The second kappa shape index (κ2) is 5.35. The highest BCUT2D eigenvalue weighted by atomic mass is 16.3. The third-order valence-corrected chi connectivity index (χ3v) is 4.73. The first kappa shape index (κ1) is 13.3. The number of phenolic OH excluding ortho intramolecular Hbond substituents is 2. The molecule has 4 heteroatoms. The van der Waals surface area contributed by atoms with Crippen molar-refractivity contribution in [2.24, 2.45) is 5.92 Å². The summed E-state index contributed by atoms with van der Waals surface area (Å²) in [6, 6.07) is 4.69. The van der Waals surface area contributed by atoms with Gasteiger partial charge >= 0.3 is 0 Å². The minimum Gasteiger partial charge on any atom is -0.504 e. The van der Waals surface area contributed by atoms with E-state index in [1.54, 1.807) is 6.07 Å². The van der Waals surface area contributed by atoms with Gasteiger partial charge in [0, 0.05) is 18.2 Å². The van der Waals surface area contributed by atoms with Gasteiger partial charge in [-0.25, -0.2) is 0 Å². The second-order valence-corrected chi connectivity index (χ2v) is 5.96. The van der Waals surface area contributed by atoms with E-state index in [1.807, 2.05) is 4.90 Å². The van der Waals surface area contributed by atoms with Crippen LogP contribution in [0.5, 0.6) is 11.5 Å². The van der Waals surface area contributed by atoms with Gasteiger partial charge in [0.15, 0.2) is 11.5 Å². The molecular weight excluding hydrogens is 254 g/mol. The molecule has 1 aromatic rings. The summed E-state index contributed by atoms with van der Waals surface area (Å²) >= 11 is 0. The van der Waals surface area contributed by atoms with Gasteiger partial charge in [-0.05, 0) is 49.8 Å². The maximum absolute atomic E-state index is 12.7. The molecule has 1 amide bonds. The molecule has 4 nitrogen and oxygen atoms in total. The number of rotatable bonds is 1. The summed E-state index contributed by atoms with van der Waals surface area (Å²) < 4.78 is 0. The molecule has 0 spiro atoms. The van der Waals surface area contributed by atoms with E-state index >= 15 is 0 Å². The minimum atomic E-state index is -0.229. The highest BCUT2D eigenvalue weighted by molar-refractivity contribution is 5.95. The van der Waals surface area contributed by atoms with E-state index in [2.05, 4.69) is 0 Å². The van der Waals surface area contributed by atoms with Crippen LogP contribution in [0, 0.1) is 5.92 Å². The molecule has 1 aliphatic heterocycles. The number of nitrogens with zero attached hydrogens (tertiary/aromatic N) is 1. The molecule has 0 radical (unpaired) electrons. The zero-order valence-corrected chi connectivity index (χ0v) is 11.6. The van der Waals surface area contributed by atoms with Crippen molar-refractivity contribution in [3.05, 3.63) is 23.8 Å². The first-order valence-corrected chi connectivity index (χ1v) is 7.50. The number of fused-ring (bicyclic) bond motifs is 1. The van der Waals surface area contributed by atoms with Crippen LogP contribution >= 0.6 is 0 Å². The van der Waals surface area contributed by atoms with Crippen molar-refractivity contribution < 1.29 is 15.0 Å². The van der Waals surface area contributed by atoms with Crippen molar-refractivity contribution in [3.8, 4) is 11.5 Å². The molecule has 1 aromatic carbocycles. The Hall–Kier alpha value is -1.71. The quantitative estimate of drug-likeness (QED) is 0.775. The zero-order chi connectivity index (χ0) is 14.1. The third kappa shape index (κ3) is 2.35. The van der Waals surface area contributed by atoms with Crippen LogP contribution in [0.15, 0.2) is 18.2 Å². The van der Waals surface area contributed by atoms with Crippen LogP contribution in [0.4, 0.5) is 0 Å². The highest BCUT2D eigenvalue weighted by Gasteiger charge is 2.36. The summed E-state index contributed by atoms with van der Waals surface area (Å²) in [4.78, 5) is 14.6. The van der Waals surface area contributed by atoms with Crippen LogP contribution in [-0.4, -0.2) is 33.6 Å². The number of piperidine rings is 1. The number of amides is 1. The maximum Gasteiger partial charge on any atom is 0.254 e. The van der Waals surface area contributed by atoms with Gasteiger partial charge in [-0.1, -0.05) is 12.8 Å². The number of hydrogen-bond donors (Lipinski definition) is 2. The maximum atomic E-state index is 12.7. The molecule has 20 heavy (non-hydrogen) atoms. The standard InChI is InChI=1S/C16H21NO3/c18-14-8-7-12(10-15(14)19)16(20)17-9-3-5-11-4-1-2-6-13(11)17/h7-8,10-11,13,18-19H,1-6,9H2/t11-,13-/m1/s1. The van der Waals surface area contributed by atoms with Crippen LogP contribution in [0.1, 0.15) is 48.9 Å². The van der Waals surface area contributed by atoms with Crippen LogP contribution < -0.4 is 0 Å². The van der Waals surface area contributed by atoms with E-state index in [0.717, 1.165) is 19.4 Å². The fourth-order valence-electron chi connectivity index (χ4n) is 3.70. The van der Waals surface area contributed by atoms with E-state index in [4.69, 9.17) is 0 Å². The molecule has 0 aromatic heterocycles. The van der Waals surface area contributed by atoms with Gasteiger partial charge in [-0.3, -0.25) is 4.79 Å². The highest BCUT2D eigenvalue weighted by Crippen LogP contribution is 2.36. The lowest BCUT2D eigenvalue weighted by atomic mass is 9.78. The Morgan fingerprint density at radius 2 is 1.80 bits per heavy atom. The largest absolute Gasteiger partial charge is 0.504 e. The number of hydrogen-bond acceptors (Lipinski definition) is 3. The number of carbonyl (C=O) groups excluding carboxylic acids is 1. The second-order valence-electron chi connectivity index (χ2n) is 5.96. The predicted molar refractivity (Wildman–Crippen MR) is 75.8 cm³/mol. The van der Waals surface area contributed by atoms with Gasteiger partial charge in [-0.15, -0.1) is 0 Å². The van der Waals surface area contributed by atoms with Gasteiger partial charge in [0.1, 0.15) is 0 Å². The van der Waals surface area contributed by atoms with Crippen molar-refractivity contribution in [1.82, 2.24) is 4.90 Å². The van der Waals surface area contributed by atoms with Gasteiger partial charge in [-0.2, -0.15) is 0 Å². The van der Waals surface area contributed by atoms with Gasteiger partial charge in [0.2, 0.25) is 0 Å².